The van der Waals surface area contributed by atoms with Gasteiger partial charge < -0.3 is 11.1 Å². The van der Waals surface area contributed by atoms with Gasteiger partial charge >= 0.3 is 0 Å². The summed E-state index contributed by atoms with van der Waals surface area (Å²) in [5, 5.41) is 9.24. The fraction of sp³-hybridized carbons (Fsp3) is 0. The standard InChI is InChI=1S/C10H9ClN4O/c11-6-2-1-3-7(12)9(6)10(16)14-8-4-5-13-15-8/h1-5H,12H2,(H2,13,14,15,16). The molecule has 1 heterocycles. The maximum atomic E-state index is 11.8. The smallest absolute Gasteiger partial charge is 0.260 e. The molecule has 0 aliphatic heterocycles. The van der Waals surface area contributed by atoms with Crippen LogP contribution in [0.2, 0.25) is 5.02 Å². The second kappa shape index (κ2) is 4.24. The van der Waals surface area contributed by atoms with Gasteiger partial charge in [-0.25, -0.2) is 0 Å². The van der Waals surface area contributed by atoms with Crippen LogP contribution in [0.15, 0.2) is 30.5 Å². The number of H-pyrrole nitrogens is 1. The molecule has 0 saturated carbocycles. The van der Waals surface area contributed by atoms with Crippen LogP contribution >= 0.6 is 11.6 Å². The Hall–Kier alpha value is -2.01. The monoisotopic (exact) mass is 236 g/mol. The molecule has 0 atom stereocenters. The Morgan fingerprint density at radius 2 is 2.25 bits per heavy atom. The van der Waals surface area contributed by atoms with Crippen LogP contribution in [0, 0.1) is 0 Å². The first kappa shape index (κ1) is 10.5. The lowest BCUT2D eigenvalue weighted by Crippen LogP contribution is -2.14. The van der Waals surface area contributed by atoms with Crippen molar-refractivity contribution in [3.63, 3.8) is 0 Å². The highest BCUT2D eigenvalue weighted by atomic mass is 35.5. The van der Waals surface area contributed by atoms with Gasteiger partial charge in [0.1, 0.15) is 5.82 Å². The van der Waals surface area contributed by atoms with E-state index in [1.54, 1.807) is 24.3 Å². The Morgan fingerprint density at radius 3 is 2.88 bits per heavy atom. The summed E-state index contributed by atoms with van der Waals surface area (Å²) < 4.78 is 0. The van der Waals surface area contributed by atoms with E-state index in [0.717, 1.165) is 0 Å². The predicted molar refractivity (Wildman–Crippen MR) is 62.4 cm³/mol. The van der Waals surface area contributed by atoms with Crippen molar-refractivity contribution in [3.8, 4) is 0 Å². The Kier molecular flexibility index (Phi) is 2.78. The first-order chi connectivity index (χ1) is 7.68. The van der Waals surface area contributed by atoms with Gasteiger partial charge in [-0.05, 0) is 12.1 Å². The highest BCUT2D eigenvalue weighted by Crippen LogP contribution is 2.22. The first-order valence-corrected chi connectivity index (χ1v) is 4.91. The number of aromatic amines is 1. The molecule has 1 amide bonds. The summed E-state index contributed by atoms with van der Waals surface area (Å²) >= 11 is 5.90. The molecule has 4 N–H and O–H groups in total. The van der Waals surface area contributed by atoms with E-state index in [-0.39, 0.29) is 11.5 Å². The van der Waals surface area contributed by atoms with Crippen molar-refractivity contribution in [2.24, 2.45) is 0 Å². The average molecular weight is 237 g/mol. The minimum atomic E-state index is -0.368. The zero-order valence-corrected chi connectivity index (χ0v) is 8.95. The molecule has 0 unspecified atom stereocenters. The number of carbonyl (C=O) groups excluding carboxylic acids is 1. The minimum Gasteiger partial charge on any atom is -0.398 e. The van der Waals surface area contributed by atoms with Crippen molar-refractivity contribution in [1.82, 2.24) is 10.2 Å². The quantitative estimate of drug-likeness (QED) is 0.697. The van der Waals surface area contributed by atoms with Crippen molar-refractivity contribution >= 4 is 29.0 Å². The number of nitrogens with two attached hydrogens (primary N) is 1. The van der Waals surface area contributed by atoms with Crippen LogP contribution in [0.3, 0.4) is 0 Å². The predicted octanol–water partition coefficient (Wildman–Crippen LogP) is 1.90. The summed E-state index contributed by atoms with van der Waals surface area (Å²) in [6.07, 6.45) is 1.53. The van der Waals surface area contributed by atoms with E-state index in [9.17, 15) is 4.79 Å². The second-order valence-corrected chi connectivity index (χ2v) is 3.54. The molecular formula is C10H9ClN4O. The van der Waals surface area contributed by atoms with Crippen molar-refractivity contribution in [2.45, 2.75) is 0 Å². The van der Waals surface area contributed by atoms with E-state index < -0.39 is 0 Å². The summed E-state index contributed by atoms with van der Waals surface area (Å²) in [7, 11) is 0. The van der Waals surface area contributed by atoms with Crippen LogP contribution < -0.4 is 11.1 Å². The normalized spacial score (nSPS) is 10.1. The van der Waals surface area contributed by atoms with E-state index in [1.165, 1.54) is 6.20 Å². The number of halogens is 1. The van der Waals surface area contributed by atoms with Gasteiger partial charge in [0.25, 0.3) is 5.91 Å². The van der Waals surface area contributed by atoms with E-state index in [2.05, 4.69) is 15.5 Å². The zero-order chi connectivity index (χ0) is 11.5. The molecule has 2 rings (SSSR count). The van der Waals surface area contributed by atoms with Gasteiger partial charge in [0.2, 0.25) is 0 Å². The molecule has 0 saturated heterocycles. The number of benzene rings is 1. The number of carbonyl (C=O) groups is 1. The van der Waals surface area contributed by atoms with Crippen LogP contribution in [0.1, 0.15) is 10.4 Å². The molecule has 0 spiro atoms. The van der Waals surface area contributed by atoms with Crippen LogP contribution in [-0.2, 0) is 0 Å². The summed E-state index contributed by atoms with van der Waals surface area (Å²) in [5.41, 5.74) is 6.28. The molecule has 82 valence electrons. The molecule has 1 aromatic heterocycles. The van der Waals surface area contributed by atoms with E-state index >= 15 is 0 Å². The molecule has 0 radical (unpaired) electrons. The van der Waals surface area contributed by atoms with Crippen molar-refractivity contribution in [3.05, 3.63) is 41.0 Å². The lowest BCUT2D eigenvalue weighted by molar-refractivity contribution is 0.102. The number of hydrogen-bond donors (Lipinski definition) is 3. The van der Waals surface area contributed by atoms with Gasteiger partial charge in [-0.3, -0.25) is 9.89 Å². The molecule has 5 nitrogen and oxygen atoms in total. The fourth-order valence-corrected chi connectivity index (χ4v) is 1.56. The molecule has 0 aliphatic carbocycles. The first-order valence-electron chi connectivity index (χ1n) is 4.53. The SMILES string of the molecule is Nc1cccc(Cl)c1C(=O)Nc1ccn[nH]1. The van der Waals surface area contributed by atoms with Crippen LogP contribution in [0.25, 0.3) is 0 Å². The zero-order valence-electron chi connectivity index (χ0n) is 8.20. The Labute approximate surface area is 96.6 Å². The Morgan fingerprint density at radius 1 is 1.44 bits per heavy atom. The number of nitrogen functional groups attached to an aromatic ring is 1. The lowest BCUT2D eigenvalue weighted by atomic mass is 10.1. The molecule has 2 aromatic rings. The molecule has 0 aliphatic rings. The lowest BCUT2D eigenvalue weighted by Gasteiger charge is -2.07. The molecule has 1 aromatic carbocycles. The van der Waals surface area contributed by atoms with Gasteiger partial charge in [0.15, 0.2) is 0 Å². The van der Waals surface area contributed by atoms with Gasteiger partial charge in [-0.2, -0.15) is 5.10 Å². The van der Waals surface area contributed by atoms with E-state index in [4.69, 9.17) is 17.3 Å². The average Bonchev–Trinajstić information content (AvgIpc) is 2.70. The topological polar surface area (TPSA) is 83.8 Å². The molecule has 0 bridgehead atoms. The van der Waals surface area contributed by atoms with Crippen molar-refractivity contribution < 1.29 is 4.79 Å². The van der Waals surface area contributed by atoms with Crippen molar-refractivity contribution in [2.75, 3.05) is 11.1 Å². The number of nitrogens with one attached hydrogen (secondary N) is 2. The van der Waals surface area contributed by atoms with Crippen LogP contribution in [0.5, 0.6) is 0 Å². The molecule has 0 fully saturated rings. The van der Waals surface area contributed by atoms with Gasteiger partial charge in [0, 0.05) is 11.8 Å². The summed E-state index contributed by atoms with van der Waals surface area (Å²) in [6, 6.07) is 6.54. The Bertz CT molecular complexity index is 489. The van der Waals surface area contributed by atoms with E-state index in [0.29, 0.717) is 16.5 Å². The van der Waals surface area contributed by atoms with Gasteiger partial charge in [0.05, 0.1) is 16.8 Å². The highest BCUT2D eigenvalue weighted by molar-refractivity contribution is 6.35. The number of hydrogen-bond acceptors (Lipinski definition) is 3. The number of nitrogens with zero attached hydrogens (tertiary/aromatic N) is 1. The number of amides is 1. The third kappa shape index (κ3) is 1.99. The minimum absolute atomic E-state index is 0.263. The maximum Gasteiger partial charge on any atom is 0.260 e. The van der Waals surface area contributed by atoms with Crippen LogP contribution in [0.4, 0.5) is 11.5 Å². The van der Waals surface area contributed by atoms with E-state index in [1.807, 2.05) is 0 Å². The third-order valence-electron chi connectivity index (χ3n) is 2.02. The number of rotatable bonds is 2. The molecule has 6 heteroatoms. The van der Waals surface area contributed by atoms with Crippen molar-refractivity contribution in [1.29, 1.82) is 0 Å². The number of anilines is 2. The van der Waals surface area contributed by atoms with Crippen LogP contribution in [-0.4, -0.2) is 16.1 Å². The molecule has 16 heavy (non-hydrogen) atoms. The van der Waals surface area contributed by atoms with Gasteiger partial charge in [-0.1, -0.05) is 17.7 Å². The summed E-state index contributed by atoms with van der Waals surface area (Å²) in [6.45, 7) is 0. The largest absolute Gasteiger partial charge is 0.398 e. The maximum absolute atomic E-state index is 11.8. The Balaban J connectivity index is 2.28. The number of aromatic nitrogens is 2. The molecular weight excluding hydrogens is 228 g/mol. The van der Waals surface area contributed by atoms with Gasteiger partial charge in [-0.15, -0.1) is 0 Å². The highest BCUT2D eigenvalue weighted by Gasteiger charge is 2.14. The summed E-state index contributed by atoms with van der Waals surface area (Å²) in [4.78, 5) is 11.8. The second-order valence-electron chi connectivity index (χ2n) is 3.13. The summed E-state index contributed by atoms with van der Waals surface area (Å²) in [5.74, 6) is 0.122. The fourth-order valence-electron chi connectivity index (χ4n) is 1.29. The third-order valence-corrected chi connectivity index (χ3v) is 2.34.